The van der Waals surface area contributed by atoms with Gasteiger partial charge in [-0.05, 0) is 27.8 Å². The van der Waals surface area contributed by atoms with Gasteiger partial charge in [0.1, 0.15) is 0 Å². The molecule has 1 aliphatic heterocycles. The number of hydrogen-bond donors (Lipinski definition) is 2. The Kier molecular flexibility index (Phi) is 4.12. The van der Waals surface area contributed by atoms with Crippen molar-refractivity contribution in [2.75, 3.05) is 33.3 Å². The van der Waals surface area contributed by atoms with Crippen LogP contribution in [0.4, 0.5) is 0 Å². The Balaban J connectivity index is 2.65. The number of nitrogens with zero attached hydrogens (tertiary/aromatic N) is 2. The molecule has 0 saturated carbocycles. The molecule has 0 radical (unpaired) electrons. The Morgan fingerprint density at radius 3 is 2.40 bits per heavy atom. The predicted molar refractivity (Wildman–Crippen MR) is 62.8 cm³/mol. The van der Waals surface area contributed by atoms with E-state index in [9.17, 15) is 5.11 Å². The summed E-state index contributed by atoms with van der Waals surface area (Å²) in [4.78, 5) is 4.67. The minimum absolute atomic E-state index is 0.0224. The van der Waals surface area contributed by atoms with Crippen LogP contribution in [-0.2, 0) is 0 Å². The van der Waals surface area contributed by atoms with Crippen LogP contribution < -0.4 is 5.73 Å². The molecule has 0 spiro atoms. The summed E-state index contributed by atoms with van der Waals surface area (Å²) in [6.45, 7) is 9.58. The predicted octanol–water partition coefficient (Wildman–Crippen LogP) is -0.279. The summed E-state index contributed by atoms with van der Waals surface area (Å²) in [5.41, 5.74) is 6.05. The minimum Gasteiger partial charge on any atom is -0.395 e. The smallest absolute Gasteiger partial charge is 0.0601 e. The molecule has 0 amide bonds. The first-order chi connectivity index (χ1) is 6.88. The largest absolute Gasteiger partial charge is 0.395 e. The van der Waals surface area contributed by atoms with Crippen molar-refractivity contribution in [3.8, 4) is 0 Å². The SMILES string of the molecule is CC(N)C(CO)N1CCN(C)C(C)(C)C1. The van der Waals surface area contributed by atoms with E-state index in [0.29, 0.717) is 0 Å². The highest BCUT2D eigenvalue weighted by atomic mass is 16.3. The number of hydrogen-bond acceptors (Lipinski definition) is 4. The van der Waals surface area contributed by atoms with Gasteiger partial charge in [0.15, 0.2) is 0 Å². The molecule has 4 nitrogen and oxygen atoms in total. The molecular formula is C11H25N3O. The lowest BCUT2D eigenvalue weighted by Crippen LogP contribution is -2.62. The van der Waals surface area contributed by atoms with E-state index in [1.807, 2.05) is 6.92 Å². The number of aliphatic hydroxyl groups excluding tert-OH is 1. The van der Waals surface area contributed by atoms with E-state index < -0.39 is 0 Å². The number of likely N-dealkylation sites (N-methyl/N-ethyl adjacent to an activating group) is 1. The average Bonchev–Trinajstić information content (AvgIpc) is 2.11. The quantitative estimate of drug-likeness (QED) is 0.680. The standard InChI is InChI=1S/C11H25N3O/c1-9(12)10(7-15)14-6-5-13(4)11(2,3)8-14/h9-10,15H,5-8,12H2,1-4H3. The number of aliphatic hydroxyl groups is 1. The van der Waals surface area contributed by atoms with E-state index >= 15 is 0 Å². The highest BCUT2D eigenvalue weighted by molar-refractivity contribution is 4.92. The summed E-state index contributed by atoms with van der Waals surface area (Å²) >= 11 is 0. The van der Waals surface area contributed by atoms with Crippen molar-refractivity contribution in [3.05, 3.63) is 0 Å². The molecule has 1 saturated heterocycles. The average molecular weight is 215 g/mol. The molecule has 0 aromatic heterocycles. The van der Waals surface area contributed by atoms with Crippen molar-refractivity contribution in [2.24, 2.45) is 5.73 Å². The monoisotopic (exact) mass is 215 g/mol. The van der Waals surface area contributed by atoms with E-state index in [0.717, 1.165) is 19.6 Å². The van der Waals surface area contributed by atoms with Gasteiger partial charge in [-0.15, -0.1) is 0 Å². The van der Waals surface area contributed by atoms with Crippen LogP contribution in [0, 0.1) is 0 Å². The van der Waals surface area contributed by atoms with Crippen LogP contribution in [0.3, 0.4) is 0 Å². The lowest BCUT2D eigenvalue weighted by molar-refractivity contribution is -0.00309. The molecule has 4 heteroatoms. The summed E-state index contributed by atoms with van der Waals surface area (Å²) in [6, 6.07) is 0.118. The van der Waals surface area contributed by atoms with Crippen molar-refractivity contribution in [1.82, 2.24) is 9.80 Å². The van der Waals surface area contributed by atoms with Crippen LogP contribution in [0.1, 0.15) is 20.8 Å². The second-order valence-electron chi connectivity index (χ2n) is 5.31. The van der Waals surface area contributed by atoms with Gasteiger partial charge in [0, 0.05) is 37.3 Å². The zero-order valence-electron chi connectivity index (χ0n) is 10.4. The molecule has 2 atom stereocenters. The summed E-state index contributed by atoms with van der Waals surface area (Å²) in [6.07, 6.45) is 0. The third-order valence-corrected chi connectivity index (χ3v) is 3.61. The molecule has 0 aliphatic carbocycles. The maximum Gasteiger partial charge on any atom is 0.0601 e. The fourth-order valence-electron chi connectivity index (χ4n) is 2.18. The lowest BCUT2D eigenvalue weighted by Gasteiger charge is -2.48. The van der Waals surface area contributed by atoms with Gasteiger partial charge in [-0.3, -0.25) is 9.80 Å². The molecule has 15 heavy (non-hydrogen) atoms. The molecule has 1 aliphatic rings. The Morgan fingerprint density at radius 2 is 2.00 bits per heavy atom. The maximum atomic E-state index is 9.35. The first-order valence-corrected chi connectivity index (χ1v) is 5.70. The lowest BCUT2D eigenvalue weighted by atomic mass is 9.97. The summed E-state index contributed by atoms with van der Waals surface area (Å²) in [7, 11) is 2.15. The highest BCUT2D eigenvalue weighted by Gasteiger charge is 2.34. The van der Waals surface area contributed by atoms with E-state index in [2.05, 4.69) is 30.7 Å². The molecule has 0 bridgehead atoms. The maximum absolute atomic E-state index is 9.35. The third kappa shape index (κ3) is 2.91. The fraction of sp³-hybridized carbons (Fsp3) is 1.00. The van der Waals surface area contributed by atoms with Crippen molar-refractivity contribution < 1.29 is 5.11 Å². The van der Waals surface area contributed by atoms with Gasteiger partial charge >= 0.3 is 0 Å². The van der Waals surface area contributed by atoms with Crippen LogP contribution in [0.2, 0.25) is 0 Å². The summed E-state index contributed by atoms with van der Waals surface area (Å²) in [5.74, 6) is 0. The molecule has 90 valence electrons. The number of piperazine rings is 1. The second kappa shape index (κ2) is 4.78. The molecule has 0 aromatic rings. The van der Waals surface area contributed by atoms with Gasteiger partial charge in [0.2, 0.25) is 0 Å². The van der Waals surface area contributed by atoms with Gasteiger partial charge in [0.25, 0.3) is 0 Å². The van der Waals surface area contributed by atoms with Gasteiger partial charge < -0.3 is 10.8 Å². The summed E-state index contributed by atoms with van der Waals surface area (Å²) in [5, 5.41) is 9.35. The number of nitrogens with two attached hydrogens (primary N) is 1. The Labute approximate surface area is 93.0 Å². The molecular weight excluding hydrogens is 190 g/mol. The van der Waals surface area contributed by atoms with E-state index in [-0.39, 0.29) is 24.2 Å². The molecule has 3 N–H and O–H groups in total. The topological polar surface area (TPSA) is 52.7 Å². The van der Waals surface area contributed by atoms with Crippen LogP contribution in [0.25, 0.3) is 0 Å². The van der Waals surface area contributed by atoms with Crippen molar-refractivity contribution in [1.29, 1.82) is 0 Å². The van der Waals surface area contributed by atoms with Crippen LogP contribution in [0.15, 0.2) is 0 Å². The highest BCUT2D eigenvalue weighted by Crippen LogP contribution is 2.21. The Morgan fingerprint density at radius 1 is 1.40 bits per heavy atom. The fourth-order valence-corrected chi connectivity index (χ4v) is 2.18. The molecule has 1 fully saturated rings. The van der Waals surface area contributed by atoms with Crippen molar-refractivity contribution >= 4 is 0 Å². The van der Waals surface area contributed by atoms with Gasteiger partial charge in [-0.25, -0.2) is 0 Å². The zero-order valence-corrected chi connectivity index (χ0v) is 10.4. The third-order valence-electron chi connectivity index (χ3n) is 3.61. The summed E-state index contributed by atoms with van der Waals surface area (Å²) < 4.78 is 0. The number of rotatable bonds is 3. The minimum atomic E-state index is 0.0224. The molecule has 2 unspecified atom stereocenters. The molecule has 1 rings (SSSR count). The van der Waals surface area contributed by atoms with Crippen LogP contribution in [-0.4, -0.2) is 65.8 Å². The van der Waals surface area contributed by atoms with E-state index in [4.69, 9.17) is 5.73 Å². The van der Waals surface area contributed by atoms with E-state index in [1.165, 1.54) is 0 Å². The molecule has 0 aromatic carbocycles. The second-order valence-corrected chi connectivity index (χ2v) is 5.31. The van der Waals surface area contributed by atoms with E-state index in [1.54, 1.807) is 0 Å². The Bertz CT molecular complexity index is 206. The van der Waals surface area contributed by atoms with Crippen LogP contribution in [0.5, 0.6) is 0 Å². The zero-order chi connectivity index (χ0) is 11.6. The van der Waals surface area contributed by atoms with Crippen molar-refractivity contribution in [2.45, 2.75) is 38.4 Å². The van der Waals surface area contributed by atoms with Gasteiger partial charge in [-0.2, -0.15) is 0 Å². The first kappa shape index (κ1) is 12.9. The normalized spacial score (nSPS) is 27.6. The Hall–Kier alpha value is -0.160. The molecule has 1 heterocycles. The van der Waals surface area contributed by atoms with Gasteiger partial charge in [0.05, 0.1) is 6.61 Å². The first-order valence-electron chi connectivity index (χ1n) is 5.70. The van der Waals surface area contributed by atoms with Crippen molar-refractivity contribution in [3.63, 3.8) is 0 Å². The van der Waals surface area contributed by atoms with Gasteiger partial charge in [-0.1, -0.05) is 0 Å². The van der Waals surface area contributed by atoms with Crippen LogP contribution >= 0.6 is 0 Å².